The van der Waals surface area contributed by atoms with Gasteiger partial charge in [-0.25, -0.2) is 27.2 Å². The molecule has 2 aliphatic rings. The summed E-state index contributed by atoms with van der Waals surface area (Å²) in [5.74, 6) is -6.75. The molecule has 4 rings (SSSR count). The number of carbonyl (C=O) groups excluding carboxylic acids is 2. The lowest BCUT2D eigenvalue weighted by Gasteiger charge is -2.26. The second-order valence-corrected chi connectivity index (χ2v) is 9.46. The van der Waals surface area contributed by atoms with E-state index in [1.165, 1.54) is 18.2 Å². The maximum absolute atomic E-state index is 13.9. The van der Waals surface area contributed by atoms with E-state index in [4.69, 9.17) is 15.9 Å². The van der Waals surface area contributed by atoms with E-state index in [1.54, 1.807) is 15.9 Å². The summed E-state index contributed by atoms with van der Waals surface area (Å²) in [6, 6.07) is 5.78. The van der Waals surface area contributed by atoms with Crippen LogP contribution in [0.3, 0.4) is 0 Å². The number of fused-ring (bicyclic) bond motifs is 1. The van der Waals surface area contributed by atoms with Crippen molar-refractivity contribution in [3.05, 3.63) is 82.9 Å². The van der Waals surface area contributed by atoms with Crippen molar-refractivity contribution >= 4 is 23.8 Å². The van der Waals surface area contributed by atoms with Crippen LogP contribution in [0.2, 0.25) is 0 Å². The highest BCUT2D eigenvalue weighted by Gasteiger charge is 2.44. The van der Waals surface area contributed by atoms with E-state index in [1.807, 2.05) is 0 Å². The number of nitrogens with zero attached hydrogens (tertiary/aromatic N) is 2. The second kappa shape index (κ2) is 13.2. The van der Waals surface area contributed by atoms with Crippen LogP contribution in [0.4, 0.5) is 17.6 Å². The predicted molar refractivity (Wildman–Crippen MR) is 133 cm³/mol. The maximum Gasteiger partial charge on any atom is 0.328 e. The molecule has 0 radical (unpaired) electrons. The van der Waals surface area contributed by atoms with Crippen molar-refractivity contribution in [2.24, 2.45) is 11.7 Å². The second-order valence-electron chi connectivity index (χ2n) is 9.46. The molecule has 2 amide bonds. The average molecular weight is 566 g/mol. The van der Waals surface area contributed by atoms with Crippen LogP contribution < -0.4 is 5.73 Å². The molecule has 40 heavy (non-hydrogen) atoms. The maximum atomic E-state index is 13.9. The molecule has 0 unspecified atom stereocenters. The van der Waals surface area contributed by atoms with Crippen molar-refractivity contribution in [2.75, 3.05) is 19.6 Å². The number of rotatable bonds is 7. The molecule has 214 valence electrons. The minimum absolute atomic E-state index is 0.0838. The number of nitrogens with two attached hydrogens (primary N) is 1. The van der Waals surface area contributed by atoms with Crippen LogP contribution in [0, 0.1) is 29.2 Å². The van der Waals surface area contributed by atoms with Gasteiger partial charge in [-0.05, 0) is 42.7 Å². The summed E-state index contributed by atoms with van der Waals surface area (Å²) in [5, 5.41) is 15.6. The van der Waals surface area contributed by atoms with Gasteiger partial charge in [-0.2, -0.15) is 0 Å². The van der Waals surface area contributed by atoms with Crippen LogP contribution in [0.15, 0.2) is 48.6 Å². The van der Waals surface area contributed by atoms with E-state index in [0.717, 1.165) is 12.5 Å². The number of likely N-dealkylation sites (tertiary alicyclic amines) is 2. The smallest absolute Gasteiger partial charge is 0.328 e. The molecule has 0 aliphatic carbocycles. The first kappa shape index (κ1) is 30.3. The van der Waals surface area contributed by atoms with Gasteiger partial charge in [-0.15, -0.1) is 0 Å². The highest BCUT2D eigenvalue weighted by Crippen LogP contribution is 2.33. The topological polar surface area (TPSA) is 141 Å². The lowest BCUT2D eigenvalue weighted by Crippen LogP contribution is -2.43. The molecule has 2 heterocycles. The number of amides is 2. The number of halogens is 4. The normalized spacial score (nSPS) is 18.7. The molecule has 0 bridgehead atoms. The number of aliphatic carboxylic acids is 2. The molecular weight excluding hydrogens is 538 g/mol. The molecule has 2 aromatic carbocycles. The number of carboxylic acids is 2. The summed E-state index contributed by atoms with van der Waals surface area (Å²) in [4.78, 5) is 48.0. The van der Waals surface area contributed by atoms with Crippen molar-refractivity contribution in [2.45, 2.75) is 31.3 Å². The molecular formula is C27H27F4N3O6. The van der Waals surface area contributed by atoms with Gasteiger partial charge < -0.3 is 25.7 Å². The van der Waals surface area contributed by atoms with Crippen LogP contribution >= 0.6 is 0 Å². The molecule has 0 saturated carbocycles. The molecule has 2 aliphatic heterocycles. The zero-order valence-electron chi connectivity index (χ0n) is 21.1. The van der Waals surface area contributed by atoms with Crippen LogP contribution in [0.5, 0.6) is 0 Å². The Balaban J connectivity index is 0.000000482. The zero-order chi connectivity index (χ0) is 29.6. The van der Waals surface area contributed by atoms with Crippen molar-refractivity contribution in [3.63, 3.8) is 0 Å². The van der Waals surface area contributed by atoms with Gasteiger partial charge in [-0.1, -0.05) is 6.07 Å². The Kier molecular flexibility index (Phi) is 9.99. The standard InChI is InChI=1S/C23H23F4N3O2.C4H4O4/c24-16-3-1-2-13(6-16)23(32)29-11-14-4-5-30(21(14)12-29)22(31)9-17(28)7-15-8-19(26)20(27)10-18(15)25;5-3(6)1-2-4(7)8/h1-3,6,8,10,14,17,21H,4-5,7,9,11-12,28H2;1-2H,(H,5,6)(H,7,8)/b;2-1+/t14-,17+,21+;/m0./s1. The van der Waals surface area contributed by atoms with Crippen molar-refractivity contribution in [1.82, 2.24) is 9.80 Å². The molecule has 13 heteroatoms. The van der Waals surface area contributed by atoms with Gasteiger partial charge >= 0.3 is 11.9 Å². The highest BCUT2D eigenvalue weighted by atomic mass is 19.2. The van der Waals surface area contributed by atoms with Crippen LogP contribution in [0.25, 0.3) is 0 Å². The highest BCUT2D eigenvalue weighted by molar-refractivity contribution is 5.94. The molecule has 2 saturated heterocycles. The summed E-state index contributed by atoms with van der Waals surface area (Å²) in [5.41, 5.74) is 6.18. The SMILES string of the molecule is N[C@@H](CC(=O)N1CC[C@H]2CN(C(=O)c3cccc(F)c3)C[C@H]21)Cc1cc(F)c(F)cc1F.O=C(O)/C=C/C(=O)O. The van der Waals surface area contributed by atoms with Crippen molar-refractivity contribution in [1.29, 1.82) is 0 Å². The fraction of sp³-hybridized carbons (Fsp3) is 0.333. The summed E-state index contributed by atoms with van der Waals surface area (Å²) in [7, 11) is 0. The zero-order valence-corrected chi connectivity index (χ0v) is 21.1. The minimum Gasteiger partial charge on any atom is -0.478 e. The first-order valence-electron chi connectivity index (χ1n) is 12.2. The Morgan fingerprint density at radius 2 is 1.60 bits per heavy atom. The number of carbonyl (C=O) groups is 4. The molecule has 9 nitrogen and oxygen atoms in total. The van der Waals surface area contributed by atoms with Gasteiger partial charge in [0.25, 0.3) is 5.91 Å². The fourth-order valence-electron chi connectivity index (χ4n) is 4.80. The van der Waals surface area contributed by atoms with E-state index in [2.05, 4.69) is 0 Å². The third kappa shape index (κ3) is 7.88. The molecule has 0 spiro atoms. The Morgan fingerprint density at radius 1 is 0.950 bits per heavy atom. The minimum atomic E-state index is -1.28. The summed E-state index contributed by atoms with van der Waals surface area (Å²) in [6.45, 7) is 1.36. The molecule has 0 aromatic heterocycles. The lowest BCUT2D eigenvalue weighted by molar-refractivity contribution is -0.134. The average Bonchev–Trinajstić information content (AvgIpc) is 3.47. The fourth-order valence-corrected chi connectivity index (χ4v) is 4.80. The predicted octanol–water partition coefficient (Wildman–Crippen LogP) is 2.59. The van der Waals surface area contributed by atoms with Gasteiger partial charge in [0, 0.05) is 61.8 Å². The summed E-state index contributed by atoms with van der Waals surface area (Å²) < 4.78 is 53.8. The first-order valence-corrected chi connectivity index (χ1v) is 12.2. The van der Waals surface area contributed by atoms with Gasteiger partial charge in [0.2, 0.25) is 5.91 Å². The van der Waals surface area contributed by atoms with E-state index >= 15 is 0 Å². The van der Waals surface area contributed by atoms with E-state index < -0.39 is 41.2 Å². The summed E-state index contributed by atoms with van der Waals surface area (Å²) >= 11 is 0. The van der Waals surface area contributed by atoms with Crippen LogP contribution in [-0.2, 0) is 20.8 Å². The van der Waals surface area contributed by atoms with E-state index in [9.17, 15) is 36.7 Å². The third-order valence-corrected chi connectivity index (χ3v) is 6.60. The summed E-state index contributed by atoms with van der Waals surface area (Å²) in [6.07, 6.45) is 1.65. The lowest BCUT2D eigenvalue weighted by atomic mass is 10.0. The number of hydrogen-bond acceptors (Lipinski definition) is 5. The van der Waals surface area contributed by atoms with Crippen molar-refractivity contribution < 1.29 is 47.0 Å². The molecule has 3 atom stereocenters. The molecule has 2 fully saturated rings. The van der Waals surface area contributed by atoms with Crippen LogP contribution in [0.1, 0.15) is 28.8 Å². The Hall–Kier alpha value is -4.26. The number of carboxylic acid groups (broad SMARTS) is 2. The van der Waals surface area contributed by atoms with Crippen molar-refractivity contribution in [3.8, 4) is 0 Å². The third-order valence-electron chi connectivity index (χ3n) is 6.60. The quantitative estimate of drug-likeness (QED) is 0.266. The number of benzene rings is 2. The van der Waals surface area contributed by atoms with Gasteiger partial charge in [0.15, 0.2) is 11.6 Å². The Morgan fingerprint density at radius 3 is 2.23 bits per heavy atom. The molecule has 2 aromatic rings. The Labute approximate surface area is 226 Å². The van der Waals surface area contributed by atoms with E-state index in [0.29, 0.717) is 37.9 Å². The Bertz CT molecular complexity index is 1310. The largest absolute Gasteiger partial charge is 0.478 e. The van der Waals surface area contributed by atoms with Gasteiger partial charge in [0.1, 0.15) is 11.6 Å². The monoisotopic (exact) mass is 565 g/mol. The molecule has 4 N–H and O–H groups in total. The number of hydrogen-bond donors (Lipinski definition) is 3. The van der Waals surface area contributed by atoms with Gasteiger partial charge in [0.05, 0.1) is 6.04 Å². The van der Waals surface area contributed by atoms with Crippen LogP contribution in [-0.4, -0.2) is 75.5 Å². The first-order chi connectivity index (χ1) is 18.8. The van der Waals surface area contributed by atoms with E-state index in [-0.39, 0.29) is 47.7 Å². The van der Waals surface area contributed by atoms with Gasteiger partial charge in [-0.3, -0.25) is 9.59 Å².